The standard InChI is InChI=1S/C10H11/c1-4-10-6-8(2)5-9(3)7-10/h1,4-7H,2-3H3. The molecule has 0 saturated heterocycles. The van der Waals surface area contributed by atoms with E-state index in [1.165, 1.54) is 11.1 Å². The average Bonchev–Trinajstić information content (AvgIpc) is 1.85. The summed E-state index contributed by atoms with van der Waals surface area (Å²) < 4.78 is 0. The summed E-state index contributed by atoms with van der Waals surface area (Å²) in [6.07, 6.45) is 1.62. The number of rotatable bonds is 1. The van der Waals surface area contributed by atoms with Crippen LogP contribution in [-0.4, -0.2) is 0 Å². The Morgan fingerprint density at radius 3 is 2.00 bits per heavy atom. The summed E-state index contributed by atoms with van der Waals surface area (Å²) >= 11 is 0. The third-order valence-corrected chi connectivity index (χ3v) is 1.44. The van der Waals surface area contributed by atoms with Gasteiger partial charge in [-0.15, -0.1) is 0 Å². The minimum absolute atomic E-state index is 1.09. The van der Waals surface area contributed by atoms with E-state index in [2.05, 4.69) is 32.0 Å². The molecule has 0 heteroatoms. The molecule has 0 nitrogen and oxygen atoms in total. The van der Waals surface area contributed by atoms with Crippen LogP contribution in [0.15, 0.2) is 18.2 Å². The van der Waals surface area contributed by atoms with E-state index in [1.54, 1.807) is 6.08 Å². The lowest BCUT2D eigenvalue weighted by Gasteiger charge is -1.97. The molecule has 0 heterocycles. The Labute approximate surface area is 62.2 Å². The van der Waals surface area contributed by atoms with Crippen molar-refractivity contribution in [3.8, 4) is 0 Å². The van der Waals surface area contributed by atoms with E-state index < -0.39 is 0 Å². The third kappa shape index (κ3) is 1.47. The highest BCUT2D eigenvalue weighted by Crippen LogP contribution is 2.08. The van der Waals surface area contributed by atoms with Crippen molar-refractivity contribution in [3.63, 3.8) is 0 Å². The lowest BCUT2D eigenvalue weighted by atomic mass is 10.1. The van der Waals surface area contributed by atoms with Crippen molar-refractivity contribution in [1.82, 2.24) is 0 Å². The van der Waals surface area contributed by atoms with Crippen LogP contribution >= 0.6 is 0 Å². The smallest absolute Gasteiger partial charge is 0.0251 e. The summed E-state index contributed by atoms with van der Waals surface area (Å²) in [6, 6.07) is 6.26. The molecular weight excluding hydrogens is 120 g/mol. The van der Waals surface area contributed by atoms with Crippen LogP contribution in [0.25, 0.3) is 6.08 Å². The van der Waals surface area contributed by atoms with Crippen LogP contribution in [0.5, 0.6) is 0 Å². The van der Waals surface area contributed by atoms with E-state index in [4.69, 9.17) is 6.58 Å². The normalized spacial score (nSPS) is 9.40. The van der Waals surface area contributed by atoms with Gasteiger partial charge in [0.1, 0.15) is 0 Å². The number of aryl methyl sites for hydroxylation is 2. The average molecular weight is 131 g/mol. The Morgan fingerprint density at radius 2 is 1.60 bits per heavy atom. The zero-order chi connectivity index (χ0) is 7.56. The zero-order valence-corrected chi connectivity index (χ0v) is 6.39. The van der Waals surface area contributed by atoms with Gasteiger partial charge in [0.05, 0.1) is 0 Å². The lowest BCUT2D eigenvalue weighted by molar-refractivity contribution is 1.37. The molecule has 0 aliphatic rings. The monoisotopic (exact) mass is 131 g/mol. The van der Waals surface area contributed by atoms with Crippen molar-refractivity contribution < 1.29 is 0 Å². The van der Waals surface area contributed by atoms with Gasteiger partial charge in [-0.3, -0.25) is 0 Å². The van der Waals surface area contributed by atoms with E-state index in [9.17, 15) is 0 Å². The second kappa shape index (κ2) is 2.70. The maximum absolute atomic E-state index is 5.36. The molecule has 0 amide bonds. The predicted molar refractivity (Wildman–Crippen MR) is 44.7 cm³/mol. The number of hydrogen-bond donors (Lipinski definition) is 0. The highest BCUT2D eigenvalue weighted by Gasteiger charge is 1.89. The van der Waals surface area contributed by atoms with E-state index >= 15 is 0 Å². The van der Waals surface area contributed by atoms with Crippen LogP contribution in [0.4, 0.5) is 0 Å². The van der Waals surface area contributed by atoms with Crippen molar-refractivity contribution in [1.29, 1.82) is 0 Å². The molecule has 0 saturated carbocycles. The first kappa shape index (κ1) is 7.07. The molecule has 0 fully saturated rings. The maximum Gasteiger partial charge on any atom is -0.0251 e. The van der Waals surface area contributed by atoms with E-state index in [-0.39, 0.29) is 0 Å². The van der Waals surface area contributed by atoms with Crippen LogP contribution in [0.3, 0.4) is 0 Å². The van der Waals surface area contributed by atoms with Gasteiger partial charge in [0.25, 0.3) is 0 Å². The van der Waals surface area contributed by atoms with Gasteiger partial charge in [-0.25, -0.2) is 0 Å². The second-order valence-electron chi connectivity index (χ2n) is 2.59. The molecule has 0 spiro atoms. The van der Waals surface area contributed by atoms with Crippen molar-refractivity contribution in [2.24, 2.45) is 0 Å². The predicted octanol–water partition coefficient (Wildman–Crippen LogP) is 2.75. The molecule has 0 aliphatic carbocycles. The molecule has 1 aromatic carbocycles. The molecule has 0 bridgehead atoms. The molecular formula is C10H11. The summed E-state index contributed by atoms with van der Waals surface area (Å²) in [7, 11) is 0. The number of benzene rings is 1. The van der Waals surface area contributed by atoms with Gasteiger partial charge in [0.15, 0.2) is 0 Å². The van der Waals surface area contributed by atoms with Crippen molar-refractivity contribution in [2.75, 3.05) is 0 Å². The Kier molecular flexibility index (Phi) is 1.91. The Hall–Kier alpha value is -1.04. The summed E-state index contributed by atoms with van der Waals surface area (Å²) in [4.78, 5) is 0. The zero-order valence-electron chi connectivity index (χ0n) is 6.39. The Bertz CT molecular complexity index is 226. The fourth-order valence-electron chi connectivity index (χ4n) is 1.11. The molecule has 0 atom stereocenters. The molecule has 51 valence electrons. The van der Waals surface area contributed by atoms with Gasteiger partial charge < -0.3 is 0 Å². The minimum Gasteiger partial charge on any atom is -0.0617 e. The molecule has 1 radical (unpaired) electrons. The molecule has 0 unspecified atom stereocenters. The summed E-state index contributed by atoms with van der Waals surface area (Å²) in [5.74, 6) is 0. The molecule has 10 heavy (non-hydrogen) atoms. The highest BCUT2D eigenvalue weighted by molar-refractivity contribution is 5.48. The largest absolute Gasteiger partial charge is 0.0617 e. The fraction of sp³-hybridized carbons (Fsp3) is 0.200. The fourth-order valence-corrected chi connectivity index (χ4v) is 1.11. The first-order valence-corrected chi connectivity index (χ1v) is 3.35. The van der Waals surface area contributed by atoms with E-state index in [1.807, 2.05) is 0 Å². The maximum atomic E-state index is 5.36. The summed E-state index contributed by atoms with van der Waals surface area (Å²) in [6.45, 7) is 9.50. The van der Waals surface area contributed by atoms with Gasteiger partial charge >= 0.3 is 0 Å². The van der Waals surface area contributed by atoms with Crippen LogP contribution in [0.1, 0.15) is 16.7 Å². The van der Waals surface area contributed by atoms with E-state index in [0.29, 0.717) is 0 Å². The van der Waals surface area contributed by atoms with E-state index in [0.717, 1.165) is 5.56 Å². The van der Waals surface area contributed by atoms with Gasteiger partial charge in [-0.2, -0.15) is 0 Å². The first-order chi connectivity index (χ1) is 4.72. The van der Waals surface area contributed by atoms with Crippen LogP contribution in [0.2, 0.25) is 0 Å². The van der Waals surface area contributed by atoms with Crippen molar-refractivity contribution in [3.05, 3.63) is 41.5 Å². The first-order valence-electron chi connectivity index (χ1n) is 3.35. The van der Waals surface area contributed by atoms with Gasteiger partial charge in [0.2, 0.25) is 0 Å². The number of hydrogen-bond acceptors (Lipinski definition) is 0. The second-order valence-corrected chi connectivity index (χ2v) is 2.59. The lowest BCUT2D eigenvalue weighted by Crippen LogP contribution is -1.78. The van der Waals surface area contributed by atoms with Crippen LogP contribution in [0, 0.1) is 20.4 Å². The SMILES string of the molecule is [CH]=Cc1cc(C)cc(C)c1. The quantitative estimate of drug-likeness (QED) is 0.549. The van der Waals surface area contributed by atoms with Gasteiger partial charge in [-0.1, -0.05) is 42.0 Å². The van der Waals surface area contributed by atoms with Gasteiger partial charge in [-0.05, 0) is 19.4 Å². The minimum atomic E-state index is 1.09. The Balaban J connectivity index is 3.18. The Morgan fingerprint density at radius 1 is 1.10 bits per heavy atom. The molecule has 0 N–H and O–H groups in total. The van der Waals surface area contributed by atoms with Crippen molar-refractivity contribution in [2.45, 2.75) is 13.8 Å². The highest BCUT2D eigenvalue weighted by atomic mass is 13.9. The summed E-state index contributed by atoms with van der Waals surface area (Å²) in [5, 5.41) is 0. The summed E-state index contributed by atoms with van der Waals surface area (Å²) in [5.41, 5.74) is 3.62. The third-order valence-electron chi connectivity index (χ3n) is 1.44. The molecule has 0 aliphatic heterocycles. The molecule has 1 aromatic rings. The topological polar surface area (TPSA) is 0 Å². The van der Waals surface area contributed by atoms with Gasteiger partial charge in [0, 0.05) is 0 Å². The van der Waals surface area contributed by atoms with Crippen LogP contribution in [-0.2, 0) is 0 Å². The van der Waals surface area contributed by atoms with Crippen LogP contribution < -0.4 is 0 Å². The molecule has 1 rings (SSSR count). The molecule has 0 aromatic heterocycles. The van der Waals surface area contributed by atoms with Crippen molar-refractivity contribution >= 4 is 6.08 Å².